The average Bonchev–Trinajstić information content (AvgIpc) is 2.31. The highest BCUT2D eigenvalue weighted by molar-refractivity contribution is 4.48. The molecule has 0 unspecified atom stereocenters. The van der Waals surface area contributed by atoms with Crippen LogP contribution in [-0.4, -0.2) is 31.2 Å². The minimum atomic E-state index is 0.753. The number of hydrogen-bond acceptors (Lipinski definition) is 0. The zero-order valence-corrected chi connectivity index (χ0v) is 13.8. The predicted molar refractivity (Wildman–Crippen MR) is 84.0 cm³/mol. The molecule has 0 aliphatic heterocycles. The van der Waals surface area contributed by atoms with Gasteiger partial charge in [-0.3, -0.25) is 0 Å². The molecule has 0 N–H and O–H groups in total. The molecule has 0 aliphatic carbocycles. The first kappa shape index (κ1) is 18.0. The highest BCUT2D eigenvalue weighted by Gasteiger charge is 2.18. The van der Waals surface area contributed by atoms with E-state index in [9.17, 15) is 0 Å². The second-order valence-corrected chi connectivity index (χ2v) is 6.78. The van der Waals surface area contributed by atoms with Crippen molar-refractivity contribution in [2.24, 2.45) is 0 Å². The standard InChI is InChI=1S/C17H38N/c1-6-7-8-9-10-11-12-13-14-15-16-18(4,5)17(2)3/h17H,6-16H2,1-5H3/q+1. The number of unbranched alkanes of at least 4 members (excludes halogenated alkanes) is 9. The molecule has 1 heteroatoms. The van der Waals surface area contributed by atoms with Crippen LogP contribution in [0.15, 0.2) is 0 Å². The van der Waals surface area contributed by atoms with Crippen molar-refractivity contribution in [3.8, 4) is 0 Å². The van der Waals surface area contributed by atoms with Gasteiger partial charge < -0.3 is 4.48 Å². The lowest BCUT2D eigenvalue weighted by Crippen LogP contribution is -2.46. The number of rotatable bonds is 12. The highest BCUT2D eigenvalue weighted by atomic mass is 15.3. The van der Waals surface area contributed by atoms with Crippen LogP contribution in [0.2, 0.25) is 0 Å². The van der Waals surface area contributed by atoms with Crippen LogP contribution in [0.4, 0.5) is 0 Å². The third-order valence-electron chi connectivity index (χ3n) is 4.49. The maximum atomic E-state index is 2.36. The summed E-state index contributed by atoms with van der Waals surface area (Å²) in [7, 11) is 4.72. The molecule has 0 aromatic heterocycles. The van der Waals surface area contributed by atoms with Crippen molar-refractivity contribution in [2.45, 2.75) is 91.0 Å². The second-order valence-electron chi connectivity index (χ2n) is 6.78. The molecule has 0 aromatic rings. The van der Waals surface area contributed by atoms with Gasteiger partial charge in [0.05, 0.1) is 26.7 Å². The van der Waals surface area contributed by atoms with Gasteiger partial charge in [-0.15, -0.1) is 0 Å². The van der Waals surface area contributed by atoms with Crippen LogP contribution in [0.3, 0.4) is 0 Å². The molecule has 0 radical (unpaired) electrons. The van der Waals surface area contributed by atoms with E-state index >= 15 is 0 Å². The summed E-state index contributed by atoms with van der Waals surface area (Å²) < 4.78 is 1.18. The van der Waals surface area contributed by atoms with Crippen LogP contribution in [0.1, 0.15) is 85.0 Å². The molecule has 0 aromatic carbocycles. The van der Waals surface area contributed by atoms with E-state index in [0.29, 0.717) is 0 Å². The fourth-order valence-electron chi connectivity index (χ4n) is 2.26. The van der Waals surface area contributed by atoms with E-state index in [4.69, 9.17) is 0 Å². The minimum Gasteiger partial charge on any atom is -0.327 e. The first-order chi connectivity index (χ1) is 8.50. The van der Waals surface area contributed by atoms with E-state index in [1.165, 1.54) is 75.2 Å². The lowest BCUT2D eigenvalue weighted by molar-refractivity contribution is -0.911. The normalized spacial score (nSPS) is 12.3. The van der Waals surface area contributed by atoms with Crippen LogP contribution in [0.5, 0.6) is 0 Å². The number of quaternary nitrogens is 1. The van der Waals surface area contributed by atoms with Crippen molar-refractivity contribution in [3.05, 3.63) is 0 Å². The third-order valence-corrected chi connectivity index (χ3v) is 4.49. The van der Waals surface area contributed by atoms with Gasteiger partial charge in [-0.2, -0.15) is 0 Å². The van der Waals surface area contributed by atoms with Gasteiger partial charge in [0.25, 0.3) is 0 Å². The molecular weight excluding hydrogens is 218 g/mol. The summed E-state index contributed by atoms with van der Waals surface area (Å²) in [5.74, 6) is 0. The predicted octanol–water partition coefficient (Wildman–Crippen LogP) is 5.39. The lowest BCUT2D eigenvalue weighted by Gasteiger charge is -2.34. The van der Waals surface area contributed by atoms with Crippen LogP contribution < -0.4 is 0 Å². The van der Waals surface area contributed by atoms with Crippen molar-refractivity contribution in [1.29, 1.82) is 0 Å². The highest BCUT2D eigenvalue weighted by Crippen LogP contribution is 2.13. The Labute approximate surface area is 117 Å². The molecule has 110 valence electrons. The van der Waals surface area contributed by atoms with Gasteiger partial charge in [-0.1, -0.05) is 58.3 Å². The average molecular weight is 256 g/mol. The SMILES string of the molecule is CCCCCCCCCCCC[N+](C)(C)C(C)C. The van der Waals surface area contributed by atoms with Gasteiger partial charge in [0.15, 0.2) is 0 Å². The van der Waals surface area contributed by atoms with Crippen LogP contribution >= 0.6 is 0 Å². The van der Waals surface area contributed by atoms with Crippen LogP contribution in [0, 0.1) is 0 Å². The summed E-state index contributed by atoms with van der Waals surface area (Å²) in [5.41, 5.74) is 0. The molecule has 0 spiro atoms. The minimum absolute atomic E-state index is 0.753. The molecule has 0 aliphatic rings. The third kappa shape index (κ3) is 9.94. The molecule has 0 saturated carbocycles. The summed E-state index contributed by atoms with van der Waals surface area (Å²) >= 11 is 0. The summed E-state index contributed by atoms with van der Waals surface area (Å²) in [5, 5.41) is 0. The molecule has 18 heavy (non-hydrogen) atoms. The summed E-state index contributed by atoms with van der Waals surface area (Å²) in [4.78, 5) is 0. The largest absolute Gasteiger partial charge is 0.327 e. The molecule has 1 nitrogen and oxygen atoms in total. The first-order valence-corrected chi connectivity index (χ1v) is 8.33. The molecule has 0 bridgehead atoms. The summed E-state index contributed by atoms with van der Waals surface area (Å²) in [6.45, 7) is 8.29. The second kappa shape index (κ2) is 10.8. The van der Waals surface area contributed by atoms with E-state index < -0.39 is 0 Å². The maximum Gasteiger partial charge on any atom is 0.0829 e. The van der Waals surface area contributed by atoms with Crippen LogP contribution in [0.25, 0.3) is 0 Å². The fraction of sp³-hybridized carbons (Fsp3) is 1.00. The topological polar surface area (TPSA) is 0 Å². The lowest BCUT2D eigenvalue weighted by atomic mass is 10.1. The van der Waals surface area contributed by atoms with E-state index in [0.717, 1.165) is 6.04 Å². The fourth-order valence-corrected chi connectivity index (χ4v) is 2.26. The van der Waals surface area contributed by atoms with Crippen molar-refractivity contribution < 1.29 is 4.48 Å². The van der Waals surface area contributed by atoms with Crippen molar-refractivity contribution in [3.63, 3.8) is 0 Å². The molecule has 0 rings (SSSR count). The van der Waals surface area contributed by atoms with Gasteiger partial charge >= 0.3 is 0 Å². The van der Waals surface area contributed by atoms with E-state index in [2.05, 4.69) is 34.9 Å². The van der Waals surface area contributed by atoms with Crippen LogP contribution in [-0.2, 0) is 0 Å². The zero-order valence-electron chi connectivity index (χ0n) is 13.8. The Balaban J connectivity index is 3.21. The van der Waals surface area contributed by atoms with Crippen molar-refractivity contribution in [1.82, 2.24) is 0 Å². The van der Waals surface area contributed by atoms with Gasteiger partial charge in [-0.05, 0) is 26.7 Å². The Morgan fingerprint density at radius 2 is 1.06 bits per heavy atom. The van der Waals surface area contributed by atoms with Gasteiger partial charge in [-0.25, -0.2) is 0 Å². The Bertz CT molecular complexity index is 172. The first-order valence-electron chi connectivity index (χ1n) is 8.33. The van der Waals surface area contributed by atoms with E-state index in [1.54, 1.807) is 0 Å². The Kier molecular flexibility index (Phi) is 10.8. The smallest absolute Gasteiger partial charge is 0.0829 e. The quantitative estimate of drug-likeness (QED) is 0.324. The molecule has 0 amide bonds. The zero-order chi connectivity index (χ0) is 13.9. The van der Waals surface area contributed by atoms with Crippen molar-refractivity contribution in [2.75, 3.05) is 20.6 Å². The van der Waals surface area contributed by atoms with Gasteiger partial charge in [0, 0.05) is 0 Å². The molecule has 0 fully saturated rings. The van der Waals surface area contributed by atoms with Gasteiger partial charge in [0.1, 0.15) is 0 Å². The maximum absolute atomic E-state index is 2.36. The van der Waals surface area contributed by atoms with Crippen molar-refractivity contribution >= 4 is 0 Å². The Morgan fingerprint density at radius 1 is 0.667 bits per heavy atom. The summed E-state index contributed by atoms with van der Waals surface area (Å²) in [6.07, 6.45) is 14.4. The monoisotopic (exact) mass is 256 g/mol. The summed E-state index contributed by atoms with van der Waals surface area (Å²) in [6, 6.07) is 0.753. The van der Waals surface area contributed by atoms with E-state index in [-0.39, 0.29) is 0 Å². The molecule has 0 atom stereocenters. The molecular formula is C17H38N+. The van der Waals surface area contributed by atoms with E-state index in [1.807, 2.05) is 0 Å². The molecule has 0 heterocycles. The Morgan fingerprint density at radius 3 is 1.44 bits per heavy atom. The number of nitrogens with zero attached hydrogens (tertiary/aromatic N) is 1. The molecule has 0 saturated heterocycles. The Hall–Kier alpha value is -0.0400. The number of hydrogen-bond donors (Lipinski definition) is 0. The van der Waals surface area contributed by atoms with Gasteiger partial charge in [0.2, 0.25) is 0 Å².